The minimum Gasteiger partial charge on any atom is -0.123 e. The Kier molecular flexibility index (Phi) is 0.422. The van der Waals surface area contributed by atoms with Crippen molar-refractivity contribution < 1.29 is 0 Å². The average Bonchev–Trinajstić information content (AvgIpc) is 2.12. The van der Waals surface area contributed by atoms with E-state index in [4.69, 9.17) is 11.6 Å². The summed E-state index contributed by atoms with van der Waals surface area (Å²) in [6.07, 6.45) is 2.75. The van der Waals surface area contributed by atoms with Crippen LogP contribution in [-0.2, 0) is 0 Å². The van der Waals surface area contributed by atoms with Crippen molar-refractivity contribution in [3.63, 3.8) is 0 Å². The van der Waals surface area contributed by atoms with Crippen molar-refractivity contribution in [2.45, 2.75) is 18.2 Å². The van der Waals surface area contributed by atoms with Crippen molar-refractivity contribution in [3.8, 4) is 0 Å². The summed E-state index contributed by atoms with van der Waals surface area (Å²) in [5.74, 6) is 2.04. The summed E-state index contributed by atoms with van der Waals surface area (Å²) < 4.78 is 0. The topological polar surface area (TPSA) is 0 Å². The molecule has 0 saturated heterocycles. The second-order valence-corrected chi connectivity index (χ2v) is 2.97. The number of fused-ring (bicyclic) bond motifs is 1. The smallest absolute Gasteiger partial charge is 0.0369 e. The van der Waals surface area contributed by atoms with Gasteiger partial charge in [-0.25, -0.2) is 0 Å². The van der Waals surface area contributed by atoms with E-state index in [0.717, 1.165) is 11.8 Å². The van der Waals surface area contributed by atoms with Crippen molar-refractivity contribution >= 4 is 11.6 Å². The molecule has 3 atom stereocenters. The zero-order valence-corrected chi connectivity index (χ0v) is 4.28. The van der Waals surface area contributed by atoms with Gasteiger partial charge in [0.15, 0.2) is 0 Å². The van der Waals surface area contributed by atoms with Gasteiger partial charge >= 0.3 is 0 Å². The van der Waals surface area contributed by atoms with Crippen LogP contribution in [0.3, 0.4) is 0 Å². The molecule has 0 bridgehead atoms. The minimum atomic E-state index is 0.579. The Morgan fingerprint density at radius 1 is 1.33 bits per heavy atom. The molecule has 2 aliphatic rings. The number of alkyl halides is 1. The van der Waals surface area contributed by atoms with Crippen LogP contribution in [0.25, 0.3) is 0 Å². The van der Waals surface area contributed by atoms with Gasteiger partial charge in [-0.3, -0.25) is 0 Å². The third kappa shape index (κ3) is 0.227. The van der Waals surface area contributed by atoms with E-state index in [-0.39, 0.29) is 0 Å². The molecular weight excluding hydrogens is 95.5 g/mol. The maximum absolute atomic E-state index is 5.74. The summed E-state index contributed by atoms with van der Waals surface area (Å²) in [6.45, 7) is 0. The fraction of sp³-hybridized carbons (Fsp3) is 1.00. The Labute approximate surface area is 42.5 Å². The maximum Gasteiger partial charge on any atom is 0.0369 e. The Morgan fingerprint density at radius 2 is 2.17 bits per heavy atom. The van der Waals surface area contributed by atoms with Crippen molar-refractivity contribution in [3.05, 3.63) is 0 Å². The standard InChI is InChI=1S/C5H7Cl/c6-5-2-3-1-4(3)5/h3-5H,1-2H2. The van der Waals surface area contributed by atoms with Crippen LogP contribution in [0.1, 0.15) is 12.8 Å². The fourth-order valence-corrected chi connectivity index (χ4v) is 1.79. The molecule has 0 aromatic carbocycles. The molecule has 34 valence electrons. The zero-order valence-electron chi connectivity index (χ0n) is 3.52. The molecule has 2 aliphatic carbocycles. The summed E-state index contributed by atoms with van der Waals surface area (Å²) >= 11 is 5.74. The zero-order chi connectivity index (χ0) is 4.15. The molecule has 0 heterocycles. The summed E-state index contributed by atoms with van der Waals surface area (Å²) in [7, 11) is 0. The predicted molar refractivity (Wildman–Crippen MR) is 25.9 cm³/mol. The Bertz CT molecular complexity index is 80.0. The lowest BCUT2D eigenvalue weighted by Crippen LogP contribution is -2.14. The van der Waals surface area contributed by atoms with E-state index in [1.165, 1.54) is 12.8 Å². The monoisotopic (exact) mass is 102 g/mol. The molecule has 0 aromatic rings. The molecule has 0 spiro atoms. The van der Waals surface area contributed by atoms with Gasteiger partial charge in [-0.15, -0.1) is 11.6 Å². The molecule has 0 radical (unpaired) electrons. The molecule has 0 amide bonds. The molecule has 6 heavy (non-hydrogen) atoms. The normalized spacial score (nSPS) is 62.5. The summed E-state index contributed by atoms with van der Waals surface area (Å²) in [5, 5.41) is 0.579. The van der Waals surface area contributed by atoms with Gasteiger partial charge in [0.05, 0.1) is 0 Å². The van der Waals surface area contributed by atoms with E-state index in [1.807, 2.05) is 0 Å². The third-order valence-corrected chi connectivity index (χ3v) is 2.47. The molecule has 0 N–H and O–H groups in total. The molecule has 2 fully saturated rings. The highest BCUT2D eigenvalue weighted by molar-refractivity contribution is 6.21. The second kappa shape index (κ2) is 0.764. The van der Waals surface area contributed by atoms with Crippen LogP contribution in [0.15, 0.2) is 0 Å². The quantitative estimate of drug-likeness (QED) is 0.408. The first kappa shape index (κ1) is 3.31. The Morgan fingerprint density at radius 3 is 2.17 bits per heavy atom. The first-order valence-electron chi connectivity index (χ1n) is 2.52. The average molecular weight is 103 g/mol. The van der Waals surface area contributed by atoms with Crippen LogP contribution < -0.4 is 0 Å². The minimum absolute atomic E-state index is 0.579. The number of hydrogen-bond acceptors (Lipinski definition) is 0. The van der Waals surface area contributed by atoms with Gasteiger partial charge in [0.25, 0.3) is 0 Å². The van der Waals surface area contributed by atoms with Gasteiger partial charge in [-0.2, -0.15) is 0 Å². The van der Waals surface area contributed by atoms with Crippen molar-refractivity contribution in [2.24, 2.45) is 11.8 Å². The molecule has 0 aliphatic heterocycles. The Balaban J connectivity index is 2.08. The highest BCUT2D eigenvalue weighted by Gasteiger charge is 2.52. The first-order valence-corrected chi connectivity index (χ1v) is 2.95. The van der Waals surface area contributed by atoms with Crippen LogP contribution in [0, 0.1) is 11.8 Å². The van der Waals surface area contributed by atoms with Gasteiger partial charge in [0, 0.05) is 5.38 Å². The first-order chi connectivity index (χ1) is 2.88. The van der Waals surface area contributed by atoms with Gasteiger partial charge in [0.2, 0.25) is 0 Å². The van der Waals surface area contributed by atoms with E-state index in [9.17, 15) is 0 Å². The summed E-state index contributed by atoms with van der Waals surface area (Å²) in [6, 6.07) is 0. The van der Waals surface area contributed by atoms with E-state index in [0.29, 0.717) is 5.38 Å². The molecule has 3 unspecified atom stereocenters. The summed E-state index contributed by atoms with van der Waals surface area (Å²) in [4.78, 5) is 0. The van der Waals surface area contributed by atoms with E-state index >= 15 is 0 Å². The number of rotatable bonds is 0. The van der Waals surface area contributed by atoms with Crippen LogP contribution in [0.2, 0.25) is 0 Å². The van der Waals surface area contributed by atoms with Crippen LogP contribution in [0.4, 0.5) is 0 Å². The highest BCUT2D eigenvalue weighted by atomic mass is 35.5. The summed E-state index contributed by atoms with van der Waals surface area (Å²) in [5.41, 5.74) is 0. The highest BCUT2D eigenvalue weighted by Crippen LogP contribution is 2.57. The molecule has 0 nitrogen and oxygen atoms in total. The lowest BCUT2D eigenvalue weighted by molar-refractivity contribution is 0.478. The van der Waals surface area contributed by atoms with Gasteiger partial charge in [-0.1, -0.05) is 0 Å². The SMILES string of the molecule is ClC1CC2CC12. The molecule has 2 saturated carbocycles. The molecule has 0 aromatic heterocycles. The fourth-order valence-electron chi connectivity index (χ4n) is 1.25. The van der Waals surface area contributed by atoms with E-state index < -0.39 is 0 Å². The second-order valence-electron chi connectivity index (χ2n) is 2.41. The number of halogens is 1. The van der Waals surface area contributed by atoms with Gasteiger partial charge in [-0.05, 0) is 24.7 Å². The van der Waals surface area contributed by atoms with Gasteiger partial charge < -0.3 is 0 Å². The van der Waals surface area contributed by atoms with Gasteiger partial charge in [0.1, 0.15) is 0 Å². The molecule has 1 heteroatoms. The largest absolute Gasteiger partial charge is 0.123 e. The maximum atomic E-state index is 5.74. The lowest BCUT2D eigenvalue weighted by atomic mass is 10.0. The van der Waals surface area contributed by atoms with Crippen molar-refractivity contribution in [1.29, 1.82) is 0 Å². The molecule has 2 rings (SSSR count). The van der Waals surface area contributed by atoms with Crippen LogP contribution in [-0.4, -0.2) is 5.38 Å². The predicted octanol–water partition coefficient (Wildman–Crippen LogP) is 1.63. The Hall–Kier alpha value is 0.290. The third-order valence-electron chi connectivity index (χ3n) is 1.97. The van der Waals surface area contributed by atoms with Crippen LogP contribution in [0.5, 0.6) is 0 Å². The van der Waals surface area contributed by atoms with E-state index in [2.05, 4.69) is 0 Å². The van der Waals surface area contributed by atoms with Crippen molar-refractivity contribution in [2.75, 3.05) is 0 Å². The molecular formula is C5H7Cl. The van der Waals surface area contributed by atoms with Crippen LogP contribution >= 0.6 is 11.6 Å². The lowest BCUT2D eigenvalue weighted by Gasteiger charge is -2.15. The van der Waals surface area contributed by atoms with Crippen molar-refractivity contribution in [1.82, 2.24) is 0 Å². The number of hydrogen-bond donors (Lipinski definition) is 0. The van der Waals surface area contributed by atoms with E-state index in [1.54, 1.807) is 0 Å².